The largest absolute Gasteiger partial charge is 0.508 e. The second-order valence-corrected chi connectivity index (χ2v) is 11.8. The molecule has 2 aromatic carbocycles. The molecule has 0 radical (unpaired) electrons. The number of benzene rings is 2. The number of aliphatic hydroxyl groups is 6. The first-order valence-corrected chi connectivity index (χ1v) is 15.4. The van der Waals surface area contributed by atoms with Gasteiger partial charge in [0.15, 0.2) is 6.10 Å². The number of fused-ring (bicyclic) bond motifs is 1. The molecule has 0 saturated carbocycles. The van der Waals surface area contributed by atoms with Gasteiger partial charge in [-0.05, 0) is 18.2 Å². The van der Waals surface area contributed by atoms with E-state index in [1.54, 1.807) is 0 Å². The molecule has 278 valence electrons. The molecule has 0 bridgehead atoms. The van der Waals surface area contributed by atoms with E-state index >= 15 is 0 Å². The number of aliphatic hydroxyl groups excluding tert-OH is 6. The molecule has 11 atom stereocenters. The standard InChI is InChI=1S/C32H36O19/c1-12(33)45-10-20-24(39)26(41)28(43)31(50-20)48-18-7-15(35)6-17-16(18)8-19(30(47-17)13-2-4-14(34)5-3-13)49-32-29(44)27(42)25(40)21(51-32)11-46-23(38)9-22(36)37/h2-8,20-21,24-32,34-35,39-44H,9-11H2,1H3,(H,36,37). The molecule has 2 saturated heterocycles. The van der Waals surface area contributed by atoms with Crippen LogP contribution in [0.3, 0.4) is 0 Å². The summed E-state index contributed by atoms with van der Waals surface area (Å²) in [6.45, 7) is -0.114. The number of carbonyl (C=O) groups excluding carboxylic acids is 2. The van der Waals surface area contributed by atoms with Crippen molar-refractivity contribution in [1.29, 1.82) is 0 Å². The van der Waals surface area contributed by atoms with Gasteiger partial charge in [-0.15, -0.1) is 0 Å². The SMILES string of the molecule is CC(=O)OCC1OC(Oc2cc(O)cc3c2C=C(OC2OC(COC(=O)CC(=O)O)C(O)C(O)C2O)C(c2ccc(O)cc2)O3)C(O)C(O)C1O. The van der Waals surface area contributed by atoms with Gasteiger partial charge in [-0.25, -0.2) is 0 Å². The fourth-order valence-electron chi connectivity index (χ4n) is 5.42. The average molecular weight is 725 g/mol. The highest BCUT2D eigenvalue weighted by Gasteiger charge is 2.48. The predicted octanol–water partition coefficient (Wildman–Crippen LogP) is -1.84. The molecule has 3 aliphatic heterocycles. The fourth-order valence-corrected chi connectivity index (χ4v) is 5.42. The van der Waals surface area contributed by atoms with Crippen LogP contribution in [-0.2, 0) is 38.1 Å². The first-order valence-electron chi connectivity index (χ1n) is 15.4. The van der Waals surface area contributed by atoms with Crippen molar-refractivity contribution in [1.82, 2.24) is 0 Å². The maximum Gasteiger partial charge on any atom is 0.317 e. The Hall–Kier alpha value is -4.73. The topological polar surface area (TPSA) is 298 Å². The minimum Gasteiger partial charge on any atom is -0.508 e. The van der Waals surface area contributed by atoms with Crippen molar-refractivity contribution in [3.8, 4) is 23.0 Å². The quantitative estimate of drug-likeness (QED) is 0.0909. The maximum absolute atomic E-state index is 11.8. The van der Waals surface area contributed by atoms with E-state index < -0.39 is 111 Å². The predicted molar refractivity (Wildman–Crippen MR) is 162 cm³/mol. The summed E-state index contributed by atoms with van der Waals surface area (Å²) in [5.74, 6) is -4.22. The van der Waals surface area contributed by atoms with Gasteiger partial charge in [0.2, 0.25) is 12.6 Å². The smallest absolute Gasteiger partial charge is 0.317 e. The van der Waals surface area contributed by atoms with Crippen LogP contribution in [0, 0.1) is 0 Å². The first kappa shape index (κ1) is 37.5. The van der Waals surface area contributed by atoms with Crippen molar-refractivity contribution in [3.05, 3.63) is 53.3 Å². The Morgan fingerprint density at radius 3 is 1.86 bits per heavy atom. The van der Waals surface area contributed by atoms with Crippen LogP contribution < -0.4 is 9.47 Å². The van der Waals surface area contributed by atoms with Crippen LogP contribution in [0.15, 0.2) is 42.2 Å². The highest BCUT2D eigenvalue weighted by molar-refractivity contribution is 5.90. The number of hydrogen-bond donors (Lipinski definition) is 9. The van der Waals surface area contributed by atoms with Gasteiger partial charge in [-0.2, -0.15) is 0 Å². The van der Waals surface area contributed by atoms with E-state index in [-0.39, 0.29) is 28.6 Å². The summed E-state index contributed by atoms with van der Waals surface area (Å²) < 4.78 is 38.9. The van der Waals surface area contributed by atoms with E-state index in [9.17, 15) is 55.2 Å². The molecule has 0 amide bonds. The number of aliphatic carboxylic acids is 1. The Morgan fingerprint density at radius 1 is 0.725 bits per heavy atom. The molecule has 0 aliphatic carbocycles. The maximum atomic E-state index is 11.8. The molecule has 19 heteroatoms. The van der Waals surface area contributed by atoms with Gasteiger partial charge >= 0.3 is 17.9 Å². The third kappa shape index (κ3) is 8.60. The number of hydrogen-bond acceptors (Lipinski definition) is 18. The number of carbonyl (C=O) groups is 3. The summed E-state index contributed by atoms with van der Waals surface area (Å²) in [6, 6.07) is 7.91. The highest BCUT2D eigenvalue weighted by Crippen LogP contribution is 2.46. The molecule has 11 unspecified atom stereocenters. The van der Waals surface area contributed by atoms with Crippen molar-refractivity contribution in [2.75, 3.05) is 13.2 Å². The Morgan fingerprint density at radius 2 is 1.29 bits per heavy atom. The van der Waals surface area contributed by atoms with Crippen LogP contribution in [0.5, 0.6) is 23.0 Å². The second kappa shape index (κ2) is 15.7. The molecule has 2 aromatic rings. The van der Waals surface area contributed by atoms with E-state index in [1.165, 1.54) is 36.4 Å². The van der Waals surface area contributed by atoms with Gasteiger partial charge in [0.05, 0.1) is 5.56 Å². The molecule has 2 fully saturated rings. The molecule has 51 heavy (non-hydrogen) atoms. The monoisotopic (exact) mass is 724 g/mol. The molecular formula is C32H36O19. The third-order valence-electron chi connectivity index (χ3n) is 8.06. The minimum atomic E-state index is -1.91. The molecule has 9 N–H and O–H groups in total. The molecule has 3 aliphatic rings. The zero-order chi connectivity index (χ0) is 37.1. The van der Waals surface area contributed by atoms with Crippen LogP contribution in [-0.4, -0.2) is 138 Å². The highest BCUT2D eigenvalue weighted by atomic mass is 16.7. The van der Waals surface area contributed by atoms with Gasteiger partial charge < -0.3 is 79.1 Å². The lowest BCUT2D eigenvalue weighted by Crippen LogP contribution is -2.60. The first-order chi connectivity index (χ1) is 24.1. The summed E-state index contributed by atoms with van der Waals surface area (Å²) in [7, 11) is 0. The Bertz CT molecular complexity index is 1610. The van der Waals surface area contributed by atoms with Crippen molar-refractivity contribution in [2.45, 2.75) is 80.9 Å². The normalized spacial score (nSPS) is 31.7. The van der Waals surface area contributed by atoms with E-state index in [4.69, 9.17) is 38.3 Å². The van der Waals surface area contributed by atoms with E-state index in [1.807, 2.05) is 0 Å². The number of ether oxygens (including phenoxy) is 7. The van der Waals surface area contributed by atoms with Gasteiger partial charge in [0, 0.05) is 24.6 Å². The Labute approximate surface area is 288 Å². The summed E-state index contributed by atoms with van der Waals surface area (Å²) in [5.41, 5.74) is 0.396. The summed E-state index contributed by atoms with van der Waals surface area (Å²) in [4.78, 5) is 33.9. The lowest BCUT2D eigenvalue weighted by atomic mass is 9.98. The van der Waals surface area contributed by atoms with Gasteiger partial charge in [-0.3, -0.25) is 14.4 Å². The van der Waals surface area contributed by atoms with Crippen molar-refractivity contribution < 1.29 is 93.5 Å². The fraction of sp³-hybridized carbons (Fsp3) is 0.469. The third-order valence-corrected chi connectivity index (χ3v) is 8.06. The zero-order valence-electron chi connectivity index (χ0n) is 26.6. The molecule has 3 heterocycles. The van der Waals surface area contributed by atoms with E-state index in [2.05, 4.69) is 0 Å². The van der Waals surface area contributed by atoms with Gasteiger partial charge in [0.1, 0.15) is 97.2 Å². The lowest BCUT2D eigenvalue weighted by Gasteiger charge is -2.41. The van der Waals surface area contributed by atoms with E-state index in [0.717, 1.165) is 13.0 Å². The molecular weight excluding hydrogens is 688 g/mol. The van der Waals surface area contributed by atoms with Crippen LogP contribution in [0.2, 0.25) is 0 Å². The van der Waals surface area contributed by atoms with Gasteiger partial charge in [0.25, 0.3) is 0 Å². The van der Waals surface area contributed by atoms with E-state index in [0.29, 0.717) is 5.56 Å². The number of carboxylic acids is 1. The molecule has 0 aromatic heterocycles. The molecule has 0 spiro atoms. The summed E-state index contributed by atoms with van der Waals surface area (Å²) >= 11 is 0. The van der Waals surface area contributed by atoms with Crippen LogP contribution in [0.1, 0.15) is 30.6 Å². The van der Waals surface area contributed by atoms with Crippen LogP contribution in [0.4, 0.5) is 0 Å². The average Bonchev–Trinajstić information content (AvgIpc) is 3.07. The Kier molecular flexibility index (Phi) is 11.5. The van der Waals surface area contributed by atoms with Gasteiger partial charge in [-0.1, -0.05) is 12.1 Å². The van der Waals surface area contributed by atoms with Crippen molar-refractivity contribution in [3.63, 3.8) is 0 Å². The molecule has 19 nitrogen and oxygen atoms in total. The molecule has 5 rings (SSSR count). The number of carboxylic acid groups (broad SMARTS) is 1. The van der Waals surface area contributed by atoms with Crippen molar-refractivity contribution in [2.24, 2.45) is 0 Å². The lowest BCUT2D eigenvalue weighted by molar-refractivity contribution is -0.294. The number of aromatic hydroxyl groups is 2. The number of esters is 2. The number of phenols is 2. The second-order valence-electron chi connectivity index (χ2n) is 11.8. The van der Waals surface area contributed by atoms with Crippen LogP contribution in [0.25, 0.3) is 6.08 Å². The van der Waals surface area contributed by atoms with Crippen molar-refractivity contribution >= 4 is 24.0 Å². The minimum absolute atomic E-state index is 0.0263. The van der Waals surface area contributed by atoms with Crippen LogP contribution >= 0.6 is 0 Å². The number of phenolic OH excluding ortho intramolecular Hbond substituents is 2. The summed E-state index contributed by atoms with van der Waals surface area (Å²) in [6.07, 6.45) is -18.1. The zero-order valence-corrected chi connectivity index (χ0v) is 26.6. The summed E-state index contributed by atoms with van der Waals surface area (Å²) in [5, 5.41) is 92.6. The Balaban J connectivity index is 1.47. The number of rotatable bonds is 11.